The summed E-state index contributed by atoms with van der Waals surface area (Å²) in [5, 5.41) is 0. The molecule has 1 aromatic heterocycles. The largest absolute Gasteiger partial charge is 0.369 e. The third-order valence-electron chi connectivity index (χ3n) is 1.79. The van der Waals surface area contributed by atoms with Gasteiger partial charge in [-0.1, -0.05) is 12.1 Å². The number of aliphatic imine (C=N–C) groups is 1. The number of nitrogens with one attached hydrogen (secondary N) is 1. The van der Waals surface area contributed by atoms with Gasteiger partial charge >= 0.3 is 0 Å². The maximum Gasteiger partial charge on any atom is 0.229 e. The molecule has 0 atom stereocenters. The zero-order valence-corrected chi connectivity index (χ0v) is 8.23. The third kappa shape index (κ3) is 1.74. The second kappa shape index (κ2) is 3.49. The zero-order valence-electron chi connectivity index (χ0n) is 8.23. The second-order valence-corrected chi connectivity index (χ2v) is 3.29. The summed E-state index contributed by atoms with van der Waals surface area (Å²) in [6.07, 6.45) is 1.72. The summed E-state index contributed by atoms with van der Waals surface area (Å²) < 4.78 is 0. The van der Waals surface area contributed by atoms with Crippen LogP contribution in [-0.2, 0) is 0 Å². The minimum Gasteiger partial charge on any atom is -0.369 e. The molecular formula is C10H12N4. The van der Waals surface area contributed by atoms with Crippen molar-refractivity contribution in [1.82, 2.24) is 14.9 Å². The highest BCUT2D eigenvalue weighted by Crippen LogP contribution is 2.14. The van der Waals surface area contributed by atoms with Crippen molar-refractivity contribution in [3.63, 3.8) is 0 Å². The average molecular weight is 188 g/mol. The standard InChI is InChI=1S/C10H12N4/c1-14(2)7-11-10-12-8-5-3-4-6-9(8)13-10/h3-7H,1-2H3,(H,12,13)/b11-7+. The van der Waals surface area contributed by atoms with Gasteiger partial charge in [0, 0.05) is 14.1 Å². The quantitative estimate of drug-likeness (QED) is 0.576. The Morgan fingerprint density at radius 3 is 2.86 bits per heavy atom. The van der Waals surface area contributed by atoms with E-state index < -0.39 is 0 Å². The van der Waals surface area contributed by atoms with Crippen LogP contribution >= 0.6 is 0 Å². The number of aromatic nitrogens is 2. The van der Waals surface area contributed by atoms with E-state index in [4.69, 9.17) is 0 Å². The molecule has 2 rings (SSSR count). The molecule has 0 bridgehead atoms. The predicted octanol–water partition coefficient (Wildman–Crippen LogP) is 1.78. The maximum absolute atomic E-state index is 4.30. The van der Waals surface area contributed by atoms with E-state index in [1.54, 1.807) is 6.34 Å². The van der Waals surface area contributed by atoms with Crippen molar-refractivity contribution < 1.29 is 0 Å². The average Bonchev–Trinajstić information content (AvgIpc) is 2.57. The van der Waals surface area contributed by atoms with E-state index in [0.29, 0.717) is 5.95 Å². The fraction of sp³-hybridized carbons (Fsp3) is 0.200. The number of H-pyrrole nitrogens is 1. The molecule has 4 heteroatoms. The first kappa shape index (κ1) is 8.74. The Morgan fingerprint density at radius 1 is 1.36 bits per heavy atom. The molecule has 0 aliphatic heterocycles. The lowest BCUT2D eigenvalue weighted by Crippen LogP contribution is -2.07. The molecule has 1 N–H and O–H groups in total. The second-order valence-electron chi connectivity index (χ2n) is 3.29. The Labute approximate surface area is 82.3 Å². The minimum atomic E-state index is 0.639. The fourth-order valence-corrected chi connectivity index (χ4v) is 1.17. The number of rotatable bonds is 2. The van der Waals surface area contributed by atoms with Crippen LogP contribution in [0.3, 0.4) is 0 Å². The van der Waals surface area contributed by atoms with Gasteiger partial charge in [-0.05, 0) is 12.1 Å². The van der Waals surface area contributed by atoms with Crippen LogP contribution < -0.4 is 0 Å². The van der Waals surface area contributed by atoms with Crippen molar-refractivity contribution in [2.75, 3.05) is 14.1 Å². The van der Waals surface area contributed by atoms with E-state index in [9.17, 15) is 0 Å². The van der Waals surface area contributed by atoms with E-state index in [-0.39, 0.29) is 0 Å². The molecule has 1 aromatic carbocycles. The lowest BCUT2D eigenvalue weighted by atomic mass is 10.3. The van der Waals surface area contributed by atoms with Crippen molar-refractivity contribution >= 4 is 23.3 Å². The first-order valence-electron chi connectivity index (χ1n) is 4.41. The summed E-state index contributed by atoms with van der Waals surface area (Å²) in [7, 11) is 3.85. The van der Waals surface area contributed by atoms with Crippen molar-refractivity contribution in [2.24, 2.45) is 4.99 Å². The van der Waals surface area contributed by atoms with Gasteiger partial charge in [-0.3, -0.25) is 0 Å². The van der Waals surface area contributed by atoms with Crippen LogP contribution in [0, 0.1) is 0 Å². The molecule has 2 aromatic rings. The van der Waals surface area contributed by atoms with Crippen LogP contribution in [-0.4, -0.2) is 35.3 Å². The van der Waals surface area contributed by atoms with Crippen molar-refractivity contribution in [3.8, 4) is 0 Å². The van der Waals surface area contributed by atoms with Gasteiger partial charge < -0.3 is 9.88 Å². The fourth-order valence-electron chi connectivity index (χ4n) is 1.17. The molecule has 72 valence electrons. The predicted molar refractivity (Wildman–Crippen MR) is 57.9 cm³/mol. The molecule has 0 amide bonds. The summed E-state index contributed by atoms with van der Waals surface area (Å²) in [6.45, 7) is 0. The SMILES string of the molecule is CN(C)/C=N/c1nc2ccccc2[nH]1. The van der Waals surface area contributed by atoms with E-state index in [1.165, 1.54) is 0 Å². The van der Waals surface area contributed by atoms with Crippen molar-refractivity contribution in [3.05, 3.63) is 24.3 Å². The van der Waals surface area contributed by atoms with Crippen molar-refractivity contribution in [1.29, 1.82) is 0 Å². The monoisotopic (exact) mass is 188 g/mol. The summed E-state index contributed by atoms with van der Waals surface area (Å²) in [5.41, 5.74) is 1.96. The lowest BCUT2D eigenvalue weighted by molar-refractivity contribution is 0.642. The molecule has 14 heavy (non-hydrogen) atoms. The van der Waals surface area contributed by atoms with Crippen LogP contribution in [0.15, 0.2) is 29.3 Å². The van der Waals surface area contributed by atoms with Gasteiger partial charge in [-0.2, -0.15) is 0 Å². The Hall–Kier alpha value is -1.84. The molecule has 0 saturated heterocycles. The molecule has 0 unspecified atom stereocenters. The summed E-state index contributed by atoms with van der Waals surface area (Å²) in [6, 6.07) is 7.88. The first-order chi connectivity index (χ1) is 6.75. The number of aromatic amines is 1. The van der Waals surface area contributed by atoms with Gasteiger partial charge in [0.1, 0.15) is 0 Å². The van der Waals surface area contributed by atoms with Gasteiger partial charge in [0.25, 0.3) is 0 Å². The number of imidazole rings is 1. The molecule has 0 fully saturated rings. The summed E-state index contributed by atoms with van der Waals surface area (Å²) in [4.78, 5) is 13.5. The topological polar surface area (TPSA) is 44.3 Å². The highest BCUT2D eigenvalue weighted by Gasteiger charge is 1.98. The van der Waals surface area contributed by atoms with Gasteiger partial charge in [0.15, 0.2) is 0 Å². The molecule has 0 radical (unpaired) electrons. The van der Waals surface area contributed by atoms with E-state index in [1.807, 2.05) is 43.3 Å². The number of benzene rings is 1. The van der Waals surface area contributed by atoms with Gasteiger partial charge in [0.2, 0.25) is 5.95 Å². The molecular weight excluding hydrogens is 176 g/mol. The van der Waals surface area contributed by atoms with Crippen LogP contribution in [0.5, 0.6) is 0 Å². The highest BCUT2D eigenvalue weighted by atomic mass is 15.1. The number of para-hydroxylation sites is 2. The van der Waals surface area contributed by atoms with Gasteiger partial charge in [0.05, 0.1) is 17.4 Å². The van der Waals surface area contributed by atoms with Crippen LogP contribution in [0.2, 0.25) is 0 Å². The lowest BCUT2D eigenvalue weighted by Gasteiger charge is -1.99. The highest BCUT2D eigenvalue weighted by molar-refractivity contribution is 5.77. The van der Waals surface area contributed by atoms with Crippen molar-refractivity contribution in [2.45, 2.75) is 0 Å². The van der Waals surface area contributed by atoms with Gasteiger partial charge in [-0.25, -0.2) is 9.98 Å². The van der Waals surface area contributed by atoms with Crippen LogP contribution in [0.25, 0.3) is 11.0 Å². The molecule has 0 aliphatic rings. The summed E-state index contributed by atoms with van der Waals surface area (Å²) in [5.74, 6) is 0.639. The molecule has 1 heterocycles. The van der Waals surface area contributed by atoms with E-state index in [2.05, 4.69) is 15.0 Å². The van der Waals surface area contributed by atoms with Gasteiger partial charge in [-0.15, -0.1) is 0 Å². The molecule has 0 aliphatic carbocycles. The normalized spacial score (nSPS) is 11.3. The number of nitrogens with zero attached hydrogens (tertiary/aromatic N) is 3. The number of hydrogen-bond donors (Lipinski definition) is 1. The summed E-state index contributed by atoms with van der Waals surface area (Å²) >= 11 is 0. The number of hydrogen-bond acceptors (Lipinski definition) is 2. The Morgan fingerprint density at radius 2 is 2.14 bits per heavy atom. The smallest absolute Gasteiger partial charge is 0.229 e. The Bertz CT molecular complexity index is 423. The molecule has 0 saturated carbocycles. The molecule has 4 nitrogen and oxygen atoms in total. The number of fused-ring (bicyclic) bond motifs is 1. The zero-order chi connectivity index (χ0) is 9.97. The van der Waals surface area contributed by atoms with Crippen LogP contribution in [0.1, 0.15) is 0 Å². The van der Waals surface area contributed by atoms with Crippen LogP contribution in [0.4, 0.5) is 5.95 Å². The maximum atomic E-state index is 4.30. The Kier molecular flexibility index (Phi) is 2.18. The Balaban J connectivity index is 2.36. The first-order valence-corrected chi connectivity index (χ1v) is 4.41. The van der Waals surface area contributed by atoms with E-state index in [0.717, 1.165) is 11.0 Å². The third-order valence-corrected chi connectivity index (χ3v) is 1.79. The van der Waals surface area contributed by atoms with E-state index >= 15 is 0 Å². The molecule has 0 spiro atoms. The minimum absolute atomic E-state index is 0.639.